The number of hydrogen-bond donors (Lipinski definition) is 4. The number of esters is 1. The van der Waals surface area contributed by atoms with Gasteiger partial charge in [0, 0.05) is 11.5 Å². The van der Waals surface area contributed by atoms with E-state index in [-0.39, 0.29) is 16.9 Å². The van der Waals surface area contributed by atoms with Crippen LogP contribution in [0.15, 0.2) is 33.5 Å². The Morgan fingerprint density at radius 1 is 1.15 bits per heavy atom. The minimum absolute atomic E-state index is 0.106. The molecule has 27 heavy (non-hydrogen) atoms. The lowest BCUT2D eigenvalue weighted by atomic mass is 9.99. The molecule has 0 radical (unpaired) electrons. The van der Waals surface area contributed by atoms with Crippen LogP contribution in [-0.4, -0.2) is 70.8 Å². The zero-order valence-electron chi connectivity index (χ0n) is 14.1. The fourth-order valence-electron chi connectivity index (χ4n) is 2.72. The van der Waals surface area contributed by atoms with Gasteiger partial charge in [-0.3, -0.25) is 0 Å². The first kappa shape index (κ1) is 19.3. The molecule has 2 aromatic rings. The van der Waals surface area contributed by atoms with Crippen molar-refractivity contribution < 1.29 is 43.8 Å². The van der Waals surface area contributed by atoms with Crippen molar-refractivity contribution in [3.8, 4) is 5.75 Å². The van der Waals surface area contributed by atoms with Crippen molar-refractivity contribution in [3.05, 3.63) is 40.2 Å². The van der Waals surface area contributed by atoms with E-state index in [1.807, 2.05) is 0 Å². The number of methoxy groups -OCH3 is 1. The van der Waals surface area contributed by atoms with Crippen LogP contribution < -0.4 is 10.4 Å². The van der Waals surface area contributed by atoms with E-state index >= 15 is 0 Å². The highest BCUT2D eigenvalue weighted by molar-refractivity contribution is 5.92. The van der Waals surface area contributed by atoms with Crippen LogP contribution in [0.25, 0.3) is 11.0 Å². The molecule has 2 heterocycles. The third-order valence-corrected chi connectivity index (χ3v) is 4.21. The van der Waals surface area contributed by atoms with Crippen LogP contribution in [0, 0.1) is 0 Å². The molecule has 1 fully saturated rings. The maximum absolute atomic E-state index is 11.9. The maximum Gasteiger partial charge on any atom is 0.351 e. The predicted octanol–water partition coefficient (Wildman–Crippen LogP) is -1.24. The van der Waals surface area contributed by atoms with Gasteiger partial charge in [-0.05, 0) is 18.2 Å². The third-order valence-electron chi connectivity index (χ3n) is 4.21. The van der Waals surface area contributed by atoms with Gasteiger partial charge in [0.25, 0.3) is 0 Å². The molecule has 1 aliphatic rings. The van der Waals surface area contributed by atoms with Gasteiger partial charge in [0.05, 0.1) is 13.7 Å². The summed E-state index contributed by atoms with van der Waals surface area (Å²) >= 11 is 0. The summed E-state index contributed by atoms with van der Waals surface area (Å²) in [6.07, 6.45) is -7.15. The third kappa shape index (κ3) is 3.66. The van der Waals surface area contributed by atoms with Crippen LogP contribution in [-0.2, 0) is 9.47 Å². The lowest BCUT2D eigenvalue weighted by molar-refractivity contribution is -0.277. The van der Waals surface area contributed by atoms with E-state index in [0.29, 0.717) is 5.39 Å². The average Bonchev–Trinajstić information content (AvgIpc) is 2.67. The van der Waals surface area contributed by atoms with Gasteiger partial charge in [-0.1, -0.05) is 0 Å². The predicted molar refractivity (Wildman–Crippen MR) is 88.2 cm³/mol. The maximum atomic E-state index is 11.9. The average molecular weight is 382 g/mol. The summed E-state index contributed by atoms with van der Waals surface area (Å²) in [4.78, 5) is 23.4. The highest BCUT2D eigenvalue weighted by Crippen LogP contribution is 2.26. The quantitative estimate of drug-likeness (QED) is 0.372. The van der Waals surface area contributed by atoms with E-state index in [1.54, 1.807) is 0 Å². The second kappa shape index (κ2) is 7.62. The fraction of sp³-hybridized carbons (Fsp3) is 0.412. The molecule has 0 amide bonds. The lowest BCUT2D eigenvalue weighted by Gasteiger charge is -2.39. The largest absolute Gasteiger partial charge is 0.465 e. The molecule has 0 aliphatic carbocycles. The monoisotopic (exact) mass is 382 g/mol. The fourth-order valence-corrected chi connectivity index (χ4v) is 2.72. The van der Waals surface area contributed by atoms with Gasteiger partial charge in [0.15, 0.2) is 0 Å². The highest BCUT2D eigenvalue weighted by Gasteiger charge is 2.44. The Hall–Kier alpha value is -2.50. The molecule has 10 nitrogen and oxygen atoms in total. The SMILES string of the molecule is COC(=O)c1cc2ccc(O[C@@H]3O[C@H](CO)[C@H](O)[C@H](O)[C@H]3O)cc2oc1=O. The number of aliphatic hydroxyl groups is 4. The van der Waals surface area contributed by atoms with Crippen LogP contribution in [0.3, 0.4) is 0 Å². The van der Waals surface area contributed by atoms with Crippen LogP contribution in [0.4, 0.5) is 0 Å². The number of carbonyl (C=O) groups excluding carboxylic acids is 1. The summed E-state index contributed by atoms with van der Waals surface area (Å²) in [7, 11) is 1.14. The molecule has 0 spiro atoms. The number of aliphatic hydroxyl groups excluding tert-OH is 4. The molecule has 0 bridgehead atoms. The van der Waals surface area contributed by atoms with Gasteiger partial charge in [0.1, 0.15) is 41.3 Å². The standard InChI is InChI=1S/C17H18O10/c1-24-15(22)9-4-7-2-3-8(5-10(7)26-16(9)23)25-17-14(21)13(20)12(19)11(6-18)27-17/h2-5,11-14,17-21H,6H2,1H3/t11-,12+,13+,14-,17-/m1/s1. The second-order valence-electron chi connectivity index (χ2n) is 5.95. The van der Waals surface area contributed by atoms with Crippen molar-refractivity contribution >= 4 is 16.9 Å². The number of fused-ring (bicyclic) bond motifs is 1. The number of hydrogen-bond acceptors (Lipinski definition) is 10. The van der Waals surface area contributed by atoms with Gasteiger partial charge >= 0.3 is 11.6 Å². The van der Waals surface area contributed by atoms with Crippen molar-refractivity contribution in [1.82, 2.24) is 0 Å². The minimum atomic E-state index is -1.58. The van der Waals surface area contributed by atoms with Crippen LogP contribution >= 0.6 is 0 Å². The number of rotatable bonds is 4. The minimum Gasteiger partial charge on any atom is -0.465 e. The Labute approximate surface area is 152 Å². The summed E-state index contributed by atoms with van der Waals surface area (Å²) in [5.41, 5.74) is -1.04. The summed E-state index contributed by atoms with van der Waals surface area (Å²) < 4.78 is 20.3. The molecule has 5 atom stereocenters. The van der Waals surface area contributed by atoms with Crippen molar-refractivity contribution in [2.45, 2.75) is 30.7 Å². The topological polar surface area (TPSA) is 156 Å². The van der Waals surface area contributed by atoms with Gasteiger partial charge < -0.3 is 39.1 Å². The molecule has 3 rings (SSSR count). The van der Waals surface area contributed by atoms with E-state index in [4.69, 9.17) is 13.9 Å². The first-order chi connectivity index (χ1) is 12.8. The zero-order chi connectivity index (χ0) is 19.7. The number of carbonyl (C=O) groups is 1. The van der Waals surface area contributed by atoms with Crippen LogP contribution in [0.5, 0.6) is 5.75 Å². The van der Waals surface area contributed by atoms with Crippen LogP contribution in [0.2, 0.25) is 0 Å². The van der Waals surface area contributed by atoms with E-state index in [9.17, 15) is 30.0 Å². The Morgan fingerprint density at radius 2 is 1.89 bits per heavy atom. The molecule has 4 N–H and O–H groups in total. The molecule has 1 saturated heterocycles. The van der Waals surface area contributed by atoms with Gasteiger partial charge in [-0.25, -0.2) is 9.59 Å². The second-order valence-corrected chi connectivity index (χ2v) is 5.95. The van der Waals surface area contributed by atoms with Gasteiger partial charge in [-0.2, -0.15) is 0 Å². The van der Waals surface area contributed by atoms with E-state index < -0.39 is 48.9 Å². The molecule has 10 heteroatoms. The van der Waals surface area contributed by atoms with E-state index in [0.717, 1.165) is 7.11 Å². The molecule has 1 aromatic carbocycles. The van der Waals surface area contributed by atoms with Crippen molar-refractivity contribution in [2.75, 3.05) is 13.7 Å². The first-order valence-corrected chi connectivity index (χ1v) is 7.99. The highest BCUT2D eigenvalue weighted by atomic mass is 16.7. The Kier molecular flexibility index (Phi) is 5.44. The molecule has 0 unspecified atom stereocenters. The van der Waals surface area contributed by atoms with E-state index in [1.165, 1.54) is 24.3 Å². The molecular weight excluding hydrogens is 364 g/mol. The Bertz CT molecular complexity index is 889. The molecular formula is C17H18O10. The molecule has 146 valence electrons. The molecule has 1 aromatic heterocycles. The van der Waals surface area contributed by atoms with Crippen molar-refractivity contribution in [2.24, 2.45) is 0 Å². The smallest absolute Gasteiger partial charge is 0.351 e. The number of benzene rings is 1. The summed E-state index contributed by atoms with van der Waals surface area (Å²) in [6.45, 7) is -0.590. The zero-order valence-corrected chi connectivity index (χ0v) is 14.1. The Morgan fingerprint density at radius 3 is 2.56 bits per heavy atom. The normalized spacial score (nSPS) is 28.1. The summed E-state index contributed by atoms with van der Waals surface area (Å²) in [5.74, 6) is -0.701. The van der Waals surface area contributed by atoms with E-state index in [2.05, 4.69) is 4.74 Å². The molecule has 0 saturated carbocycles. The van der Waals surface area contributed by atoms with Gasteiger partial charge in [0.2, 0.25) is 6.29 Å². The summed E-state index contributed by atoms with van der Waals surface area (Å²) in [6, 6.07) is 5.61. The van der Waals surface area contributed by atoms with Crippen LogP contribution in [0.1, 0.15) is 10.4 Å². The van der Waals surface area contributed by atoms with Gasteiger partial charge in [-0.15, -0.1) is 0 Å². The number of ether oxygens (including phenoxy) is 3. The lowest BCUT2D eigenvalue weighted by Crippen LogP contribution is -2.60. The summed E-state index contributed by atoms with van der Waals surface area (Å²) in [5, 5.41) is 39.2. The Balaban J connectivity index is 1.87. The van der Waals surface area contributed by atoms with Crippen molar-refractivity contribution in [1.29, 1.82) is 0 Å². The molecule has 1 aliphatic heterocycles. The first-order valence-electron chi connectivity index (χ1n) is 7.99. The van der Waals surface area contributed by atoms with Crippen molar-refractivity contribution in [3.63, 3.8) is 0 Å².